The molecule has 1 aromatic heterocycles. The summed E-state index contributed by atoms with van der Waals surface area (Å²) in [6.07, 6.45) is 4.58. The lowest BCUT2D eigenvalue weighted by molar-refractivity contribution is -0.133. The van der Waals surface area contributed by atoms with E-state index in [2.05, 4.69) is 34.1 Å². The van der Waals surface area contributed by atoms with E-state index in [1.807, 2.05) is 53.4 Å². The zero-order chi connectivity index (χ0) is 22.0. The molecule has 1 amide bonds. The molecular formula is C27H31N3O2. The molecule has 5 heteroatoms. The van der Waals surface area contributed by atoms with E-state index in [1.165, 1.54) is 0 Å². The Morgan fingerprint density at radius 2 is 1.44 bits per heavy atom. The minimum atomic E-state index is -0.245. The first-order valence-electron chi connectivity index (χ1n) is 11.4. The molecule has 0 radical (unpaired) electrons. The molecule has 32 heavy (non-hydrogen) atoms. The highest BCUT2D eigenvalue weighted by Crippen LogP contribution is 2.27. The number of piperazine rings is 1. The van der Waals surface area contributed by atoms with Crippen molar-refractivity contribution >= 4 is 5.91 Å². The summed E-state index contributed by atoms with van der Waals surface area (Å²) >= 11 is 0. The van der Waals surface area contributed by atoms with Crippen LogP contribution in [0.15, 0.2) is 85.2 Å². The van der Waals surface area contributed by atoms with Gasteiger partial charge in [-0.2, -0.15) is 0 Å². The molecule has 1 fully saturated rings. The number of aromatic nitrogens is 1. The lowest BCUT2D eigenvalue weighted by Gasteiger charge is -2.36. The second-order valence-corrected chi connectivity index (χ2v) is 8.18. The topological polar surface area (TPSA) is 45.7 Å². The number of hydrogen-bond donors (Lipinski definition) is 0. The predicted molar refractivity (Wildman–Crippen MR) is 126 cm³/mol. The van der Waals surface area contributed by atoms with Gasteiger partial charge in [-0.05, 0) is 35.2 Å². The standard InChI is InChI=1S/C27H31N3O2/c31-27(26(24-8-3-1-4-9-24)25-10-5-2-6-11-25)30-19-17-29(18-20-30)16-7-21-32-22-23-12-14-28-15-13-23/h1-6,8-15,26H,7,16-22H2. The van der Waals surface area contributed by atoms with Gasteiger partial charge in [-0.1, -0.05) is 60.7 Å². The van der Waals surface area contributed by atoms with Crippen LogP contribution in [-0.2, 0) is 16.1 Å². The third-order valence-corrected chi connectivity index (χ3v) is 5.98. The van der Waals surface area contributed by atoms with Crippen molar-refractivity contribution in [2.24, 2.45) is 0 Å². The van der Waals surface area contributed by atoms with Crippen LogP contribution in [-0.4, -0.2) is 60.0 Å². The maximum Gasteiger partial charge on any atom is 0.234 e. The van der Waals surface area contributed by atoms with Gasteiger partial charge in [0.05, 0.1) is 12.5 Å². The van der Waals surface area contributed by atoms with Crippen LogP contribution < -0.4 is 0 Å². The number of rotatable bonds is 9. The Morgan fingerprint density at radius 3 is 2.03 bits per heavy atom. The van der Waals surface area contributed by atoms with Crippen molar-refractivity contribution in [2.75, 3.05) is 39.3 Å². The Bertz CT molecular complexity index is 903. The molecule has 166 valence electrons. The predicted octanol–water partition coefficient (Wildman–Crippen LogP) is 3.96. The second kappa shape index (κ2) is 11.6. The van der Waals surface area contributed by atoms with E-state index < -0.39 is 0 Å². The first kappa shape index (κ1) is 22.2. The number of ether oxygens (including phenoxy) is 1. The van der Waals surface area contributed by atoms with Crippen LogP contribution in [0.2, 0.25) is 0 Å². The molecule has 0 atom stereocenters. The molecule has 1 aliphatic heterocycles. The molecule has 4 rings (SSSR count). The van der Waals surface area contributed by atoms with Crippen LogP contribution in [0.1, 0.15) is 29.0 Å². The van der Waals surface area contributed by atoms with Gasteiger partial charge in [-0.3, -0.25) is 14.7 Å². The van der Waals surface area contributed by atoms with E-state index in [-0.39, 0.29) is 11.8 Å². The number of carbonyl (C=O) groups is 1. The lowest BCUT2D eigenvalue weighted by atomic mass is 9.90. The average Bonchev–Trinajstić information content (AvgIpc) is 2.86. The number of pyridine rings is 1. The van der Waals surface area contributed by atoms with Crippen LogP contribution >= 0.6 is 0 Å². The van der Waals surface area contributed by atoms with Gasteiger partial charge in [0, 0.05) is 51.7 Å². The molecule has 1 saturated heterocycles. The molecule has 0 aliphatic carbocycles. The van der Waals surface area contributed by atoms with E-state index in [9.17, 15) is 4.79 Å². The molecular weight excluding hydrogens is 398 g/mol. The maximum absolute atomic E-state index is 13.5. The first-order chi connectivity index (χ1) is 15.8. The summed E-state index contributed by atoms with van der Waals surface area (Å²) in [5.41, 5.74) is 3.26. The van der Waals surface area contributed by atoms with E-state index in [1.54, 1.807) is 12.4 Å². The number of amides is 1. The van der Waals surface area contributed by atoms with Crippen LogP contribution in [0.4, 0.5) is 0 Å². The summed E-state index contributed by atoms with van der Waals surface area (Å²) in [7, 11) is 0. The van der Waals surface area contributed by atoms with Crippen molar-refractivity contribution in [3.8, 4) is 0 Å². The lowest BCUT2D eigenvalue weighted by Crippen LogP contribution is -2.50. The van der Waals surface area contributed by atoms with Gasteiger partial charge in [0.2, 0.25) is 5.91 Å². The van der Waals surface area contributed by atoms with Gasteiger partial charge in [-0.25, -0.2) is 0 Å². The van der Waals surface area contributed by atoms with E-state index >= 15 is 0 Å². The normalized spacial score (nSPS) is 14.6. The molecule has 2 aromatic carbocycles. The van der Waals surface area contributed by atoms with Crippen LogP contribution in [0, 0.1) is 0 Å². The minimum absolute atomic E-state index is 0.197. The Hall–Kier alpha value is -3.02. The van der Waals surface area contributed by atoms with Gasteiger partial charge in [0.15, 0.2) is 0 Å². The Labute approximate surface area is 190 Å². The third kappa shape index (κ3) is 6.02. The van der Waals surface area contributed by atoms with Gasteiger partial charge in [0.1, 0.15) is 0 Å². The maximum atomic E-state index is 13.5. The molecule has 0 unspecified atom stereocenters. The fourth-order valence-electron chi connectivity index (χ4n) is 4.20. The van der Waals surface area contributed by atoms with Crippen molar-refractivity contribution in [1.29, 1.82) is 0 Å². The SMILES string of the molecule is O=C(C(c1ccccc1)c1ccccc1)N1CCN(CCCOCc2ccncc2)CC1. The van der Waals surface area contributed by atoms with Gasteiger partial charge < -0.3 is 9.64 Å². The second-order valence-electron chi connectivity index (χ2n) is 8.18. The molecule has 1 aliphatic rings. The summed E-state index contributed by atoms with van der Waals surface area (Å²) in [4.78, 5) is 22.0. The monoisotopic (exact) mass is 429 g/mol. The van der Waals surface area contributed by atoms with Crippen molar-refractivity contribution < 1.29 is 9.53 Å². The molecule has 5 nitrogen and oxygen atoms in total. The zero-order valence-electron chi connectivity index (χ0n) is 18.5. The molecule has 3 aromatic rings. The highest BCUT2D eigenvalue weighted by atomic mass is 16.5. The largest absolute Gasteiger partial charge is 0.377 e. The van der Waals surface area contributed by atoms with Gasteiger partial charge in [-0.15, -0.1) is 0 Å². The molecule has 0 N–H and O–H groups in total. The first-order valence-corrected chi connectivity index (χ1v) is 11.4. The molecule has 0 saturated carbocycles. The number of benzene rings is 2. The summed E-state index contributed by atoms with van der Waals surface area (Å²) in [6, 6.07) is 24.2. The smallest absolute Gasteiger partial charge is 0.234 e. The fourth-order valence-corrected chi connectivity index (χ4v) is 4.20. The van der Waals surface area contributed by atoms with Crippen molar-refractivity contribution in [3.05, 3.63) is 102 Å². The minimum Gasteiger partial charge on any atom is -0.377 e. The number of carbonyl (C=O) groups excluding carboxylic acids is 1. The Morgan fingerprint density at radius 1 is 0.844 bits per heavy atom. The highest BCUT2D eigenvalue weighted by Gasteiger charge is 2.29. The average molecular weight is 430 g/mol. The van der Waals surface area contributed by atoms with E-state index in [4.69, 9.17) is 4.74 Å². The number of hydrogen-bond acceptors (Lipinski definition) is 4. The highest BCUT2D eigenvalue weighted by molar-refractivity contribution is 5.87. The summed E-state index contributed by atoms with van der Waals surface area (Å²) in [6.45, 7) is 5.73. The van der Waals surface area contributed by atoms with Crippen LogP contribution in [0.25, 0.3) is 0 Å². The van der Waals surface area contributed by atoms with Crippen LogP contribution in [0.3, 0.4) is 0 Å². The van der Waals surface area contributed by atoms with Crippen molar-refractivity contribution in [2.45, 2.75) is 18.9 Å². The Kier molecular flexibility index (Phi) is 8.01. The van der Waals surface area contributed by atoms with Gasteiger partial charge >= 0.3 is 0 Å². The molecule has 0 bridgehead atoms. The van der Waals surface area contributed by atoms with Crippen molar-refractivity contribution in [3.63, 3.8) is 0 Å². The van der Waals surface area contributed by atoms with Gasteiger partial charge in [0.25, 0.3) is 0 Å². The van der Waals surface area contributed by atoms with Crippen LogP contribution in [0.5, 0.6) is 0 Å². The summed E-state index contributed by atoms with van der Waals surface area (Å²) in [5.74, 6) is -0.0479. The molecule has 2 heterocycles. The fraction of sp³-hybridized carbons (Fsp3) is 0.333. The molecule has 0 spiro atoms. The number of nitrogens with zero attached hydrogens (tertiary/aromatic N) is 3. The quantitative estimate of drug-likeness (QED) is 0.483. The van der Waals surface area contributed by atoms with E-state index in [0.29, 0.717) is 6.61 Å². The Balaban J connectivity index is 1.26. The third-order valence-electron chi connectivity index (χ3n) is 5.98. The van der Waals surface area contributed by atoms with E-state index in [0.717, 1.165) is 62.4 Å². The summed E-state index contributed by atoms with van der Waals surface area (Å²) < 4.78 is 5.78. The van der Waals surface area contributed by atoms with Crippen molar-refractivity contribution in [1.82, 2.24) is 14.8 Å². The summed E-state index contributed by atoms with van der Waals surface area (Å²) in [5, 5.41) is 0. The zero-order valence-corrected chi connectivity index (χ0v) is 18.5.